The maximum atomic E-state index is 5.08. The third-order valence-electron chi connectivity index (χ3n) is 1.06. The molecule has 0 saturated carbocycles. The fourth-order valence-corrected chi connectivity index (χ4v) is 0.712. The fraction of sp³-hybridized carbons (Fsp3) is 0.200. The summed E-state index contributed by atoms with van der Waals surface area (Å²) in [4.78, 5) is 0. The largest absolute Gasteiger partial charge is 2.00 e. The van der Waals surface area contributed by atoms with E-state index in [2.05, 4.69) is 13.8 Å². The Morgan fingerprint density at radius 2 is 1.00 bits per heavy atom. The summed E-state index contributed by atoms with van der Waals surface area (Å²) in [5.74, 6) is 0. The second-order valence-corrected chi connectivity index (χ2v) is 1.57. The van der Waals surface area contributed by atoms with Crippen molar-refractivity contribution < 1.29 is 30.6 Å². The minimum Gasteiger partial charge on any atom is -0.457 e. The van der Waals surface area contributed by atoms with Crippen LogP contribution in [0.2, 0.25) is 0 Å². The zero-order chi connectivity index (χ0) is 8.69. The first-order chi connectivity index (χ1) is 5.45. The van der Waals surface area contributed by atoms with E-state index in [0.29, 0.717) is 0 Å². The van der Waals surface area contributed by atoms with Gasteiger partial charge in [0.25, 0.3) is 0 Å². The molecule has 0 atom stereocenters. The normalized spacial score (nSPS) is 6.29. The van der Waals surface area contributed by atoms with Crippen molar-refractivity contribution in [2.75, 3.05) is 0 Å². The molecule has 0 unspecified atom stereocenters. The van der Waals surface area contributed by atoms with Gasteiger partial charge in [0.1, 0.15) is 11.2 Å². The maximum absolute atomic E-state index is 5.08. The summed E-state index contributed by atoms with van der Waals surface area (Å²) in [7, 11) is 0. The zero-order valence-corrected chi connectivity index (χ0v) is 12.5. The van der Waals surface area contributed by atoms with Crippen LogP contribution in [0.1, 0.15) is 13.8 Å². The van der Waals surface area contributed by atoms with Crippen LogP contribution >= 0.6 is 24.8 Å². The first kappa shape index (κ1) is 24.0. The van der Waals surface area contributed by atoms with Gasteiger partial charge in [-0.25, -0.2) is 0 Å². The van der Waals surface area contributed by atoms with Crippen LogP contribution in [-0.4, -0.2) is 0 Å². The van der Waals surface area contributed by atoms with Crippen molar-refractivity contribution in [3.05, 3.63) is 38.1 Å². The van der Waals surface area contributed by atoms with E-state index in [0.717, 1.165) is 11.2 Å². The molecule has 0 aliphatic rings. The van der Waals surface area contributed by atoms with Crippen molar-refractivity contribution in [2.45, 2.75) is 13.8 Å². The quantitative estimate of drug-likeness (QED) is 0.657. The molecule has 0 saturated heterocycles. The molecule has 4 heteroatoms. The Labute approximate surface area is 118 Å². The van der Waals surface area contributed by atoms with Crippen LogP contribution in [0, 0.1) is 13.8 Å². The zero-order valence-electron chi connectivity index (χ0n) is 8.45. The number of furan rings is 2. The molecule has 0 spiro atoms. The van der Waals surface area contributed by atoms with Crippen LogP contribution in [-0.2, 0) is 26.2 Å². The van der Waals surface area contributed by atoms with Crippen LogP contribution in [0.25, 0.3) is 11.2 Å². The molecular formula is C10H16Cl2OZr. The number of halogens is 2. The third kappa shape index (κ3) is 7.85. The fourth-order valence-electron chi connectivity index (χ4n) is 0.712. The van der Waals surface area contributed by atoms with E-state index in [9.17, 15) is 0 Å². The summed E-state index contributed by atoms with van der Waals surface area (Å²) in [5.41, 5.74) is 1.94. The van der Waals surface area contributed by atoms with Gasteiger partial charge in [-0.3, -0.25) is 0 Å². The van der Waals surface area contributed by atoms with Crippen molar-refractivity contribution in [3.8, 4) is 0 Å². The molecule has 80 valence electrons. The number of hydrogen-bond donors (Lipinski definition) is 0. The number of hydrogen-bond acceptors (Lipinski definition) is 1. The Hall–Kier alpha value is 0.483. The average Bonchev–Trinajstić information content (AvgIpc) is 2.74. The van der Waals surface area contributed by atoms with Gasteiger partial charge in [-0.2, -0.15) is 13.8 Å². The number of fused-ring (bicyclic) bond motifs is 2. The maximum Gasteiger partial charge on any atom is 2.00 e. The van der Waals surface area contributed by atoms with Crippen LogP contribution in [0.15, 0.2) is 28.7 Å². The SMILES string of the molecule is Cl.Cl.[CH2-]C.[CH2-]C.[Zr+2].c1cc2ccc1o2. The van der Waals surface area contributed by atoms with Crippen molar-refractivity contribution in [3.63, 3.8) is 0 Å². The molecular weight excluding hydrogens is 298 g/mol. The van der Waals surface area contributed by atoms with Gasteiger partial charge in [0, 0.05) is 0 Å². The van der Waals surface area contributed by atoms with Crippen LogP contribution in [0.4, 0.5) is 0 Å². The summed E-state index contributed by atoms with van der Waals surface area (Å²) in [5, 5.41) is 0. The van der Waals surface area contributed by atoms with Crippen LogP contribution in [0.5, 0.6) is 0 Å². The molecule has 0 aromatic carbocycles. The average molecular weight is 314 g/mol. The summed E-state index contributed by atoms with van der Waals surface area (Å²) in [6, 6.07) is 7.81. The van der Waals surface area contributed by atoms with E-state index in [1.54, 1.807) is 13.8 Å². The Morgan fingerprint density at radius 1 is 0.786 bits per heavy atom. The molecule has 2 rings (SSSR count). The predicted molar refractivity (Wildman–Crippen MR) is 64.0 cm³/mol. The second-order valence-electron chi connectivity index (χ2n) is 1.57. The number of rotatable bonds is 0. The smallest absolute Gasteiger partial charge is 0.457 e. The van der Waals surface area contributed by atoms with Gasteiger partial charge in [0.15, 0.2) is 0 Å². The van der Waals surface area contributed by atoms with E-state index < -0.39 is 0 Å². The van der Waals surface area contributed by atoms with E-state index >= 15 is 0 Å². The van der Waals surface area contributed by atoms with Crippen molar-refractivity contribution in [2.24, 2.45) is 0 Å². The Bertz CT molecular complexity index is 214. The topological polar surface area (TPSA) is 13.1 Å². The van der Waals surface area contributed by atoms with E-state index in [4.69, 9.17) is 4.42 Å². The van der Waals surface area contributed by atoms with E-state index in [-0.39, 0.29) is 51.0 Å². The van der Waals surface area contributed by atoms with Crippen molar-refractivity contribution in [1.29, 1.82) is 0 Å². The molecule has 2 aromatic rings. The minimum atomic E-state index is 0. The van der Waals surface area contributed by atoms with Crippen LogP contribution < -0.4 is 0 Å². The van der Waals surface area contributed by atoms with Gasteiger partial charge in [0.05, 0.1) is 0 Å². The van der Waals surface area contributed by atoms with Gasteiger partial charge in [-0.1, -0.05) is 0 Å². The number of benzene rings is 1. The standard InChI is InChI=1S/C6H4O.2C2H5.2ClH.Zr/c1-2-6-4-3-5(1)7-6;2*1-2;;;/h1-4H;2*1H2,2H3;2*1H;/q;2*-1;;;+2. The molecule has 2 aromatic heterocycles. The molecule has 0 aliphatic carbocycles. The van der Waals surface area contributed by atoms with Crippen LogP contribution in [0.3, 0.4) is 0 Å². The third-order valence-corrected chi connectivity index (χ3v) is 1.06. The Kier molecular flexibility index (Phi) is 27.3. The molecule has 1 nitrogen and oxygen atoms in total. The molecule has 0 N–H and O–H groups in total. The first-order valence-electron chi connectivity index (χ1n) is 3.64. The van der Waals surface area contributed by atoms with Crippen molar-refractivity contribution in [1.82, 2.24) is 0 Å². The predicted octanol–water partition coefficient (Wildman–Crippen LogP) is 4.39. The molecule has 2 heterocycles. The molecule has 2 bridgehead atoms. The summed E-state index contributed by atoms with van der Waals surface area (Å²) in [6.45, 7) is 10.0. The van der Waals surface area contributed by atoms with Gasteiger partial charge >= 0.3 is 26.2 Å². The summed E-state index contributed by atoms with van der Waals surface area (Å²) >= 11 is 0. The molecule has 14 heavy (non-hydrogen) atoms. The van der Waals surface area contributed by atoms with Crippen molar-refractivity contribution >= 4 is 36.0 Å². The van der Waals surface area contributed by atoms with E-state index in [1.807, 2.05) is 24.3 Å². The molecule has 0 amide bonds. The van der Waals surface area contributed by atoms with Gasteiger partial charge in [-0.15, -0.1) is 24.8 Å². The summed E-state index contributed by atoms with van der Waals surface area (Å²) in [6.07, 6.45) is 0. The molecule has 0 aliphatic heterocycles. The first-order valence-corrected chi connectivity index (χ1v) is 3.64. The summed E-state index contributed by atoms with van der Waals surface area (Å²) < 4.78 is 5.08. The minimum absolute atomic E-state index is 0. The van der Waals surface area contributed by atoms with E-state index in [1.165, 1.54) is 0 Å². The molecule has 0 fully saturated rings. The Balaban J connectivity index is -0.0000000655. The Morgan fingerprint density at radius 3 is 1.07 bits per heavy atom. The van der Waals surface area contributed by atoms with Gasteiger partial charge < -0.3 is 18.3 Å². The monoisotopic (exact) mass is 312 g/mol. The molecule has 0 radical (unpaired) electrons. The van der Waals surface area contributed by atoms with Gasteiger partial charge in [-0.05, 0) is 24.3 Å². The second kappa shape index (κ2) is 15.9. The van der Waals surface area contributed by atoms with Gasteiger partial charge in [0.2, 0.25) is 0 Å².